The first kappa shape index (κ1) is 16.8. The Balaban J connectivity index is 2.18. The maximum Gasteiger partial charge on any atom is 0.416 e. The third kappa shape index (κ3) is 4.01. The SMILES string of the molecule is CNC(N)N1N=C(Sc2cccc(C(F)(F)F)c2)C=CC1N. The zero-order valence-corrected chi connectivity index (χ0v) is 12.5. The molecule has 0 saturated carbocycles. The fourth-order valence-electron chi connectivity index (χ4n) is 1.77. The molecule has 9 heteroatoms. The normalized spacial score (nSPS) is 20.0. The van der Waals surface area contributed by atoms with Gasteiger partial charge >= 0.3 is 6.18 Å². The molecule has 1 aliphatic heterocycles. The van der Waals surface area contributed by atoms with Gasteiger partial charge in [0.2, 0.25) is 0 Å². The smallest absolute Gasteiger partial charge is 0.307 e. The number of benzene rings is 1. The Kier molecular flexibility index (Phi) is 5.12. The summed E-state index contributed by atoms with van der Waals surface area (Å²) >= 11 is 1.11. The standard InChI is InChI=1S/C13H16F3N5S/c1-19-12(18)21-10(17)5-6-11(20-21)22-9-4-2-3-8(7-9)13(14,15)16/h2-7,10,12,19H,17-18H2,1H3. The van der Waals surface area contributed by atoms with E-state index in [4.69, 9.17) is 11.5 Å². The number of rotatable bonds is 3. The first-order valence-electron chi connectivity index (χ1n) is 6.40. The highest BCUT2D eigenvalue weighted by molar-refractivity contribution is 8.14. The molecule has 2 unspecified atom stereocenters. The second kappa shape index (κ2) is 6.69. The number of halogens is 3. The van der Waals surface area contributed by atoms with E-state index in [0.29, 0.717) is 9.94 Å². The van der Waals surface area contributed by atoms with E-state index in [2.05, 4.69) is 10.4 Å². The van der Waals surface area contributed by atoms with E-state index in [1.165, 1.54) is 11.1 Å². The maximum absolute atomic E-state index is 12.7. The number of hydrogen-bond donors (Lipinski definition) is 3. The van der Waals surface area contributed by atoms with Gasteiger partial charge in [0.15, 0.2) is 0 Å². The van der Waals surface area contributed by atoms with Crippen LogP contribution in [0.15, 0.2) is 46.4 Å². The van der Waals surface area contributed by atoms with Crippen LogP contribution in [-0.4, -0.2) is 29.6 Å². The summed E-state index contributed by atoms with van der Waals surface area (Å²) in [5.74, 6) is 0. The molecule has 1 aliphatic rings. The fraction of sp³-hybridized carbons (Fsp3) is 0.308. The second-order valence-electron chi connectivity index (χ2n) is 4.53. The van der Waals surface area contributed by atoms with Crippen LogP contribution >= 0.6 is 11.8 Å². The Labute approximate surface area is 130 Å². The summed E-state index contributed by atoms with van der Waals surface area (Å²) in [6, 6.07) is 5.06. The third-order valence-corrected chi connectivity index (χ3v) is 3.84. The Hall–Kier alpha value is -1.55. The molecular weight excluding hydrogens is 315 g/mol. The van der Waals surface area contributed by atoms with E-state index in [-0.39, 0.29) is 0 Å². The van der Waals surface area contributed by atoms with Gasteiger partial charge in [0, 0.05) is 4.90 Å². The van der Waals surface area contributed by atoms with E-state index in [1.807, 2.05) is 0 Å². The van der Waals surface area contributed by atoms with Crippen molar-refractivity contribution in [2.45, 2.75) is 23.5 Å². The zero-order valence-electron chi connectivity index (χ0n) is 11.7. The Morgan fingerprint density at radius 2 is 2.14 bits per heavy atom. The van der Waals surface area contributed by atoms with Gasteiger partial charge in [-0.05, 0) is 37.4 Å². The minimum atomic E-state index is -4.37. The summed E-state index contributed by atoms with van der Waals surface area (Å²) in [4.78, 5) is 0.437. The first-order valence-corrected chi connectivity index (χ1v) is 7.21. The number of nitrogens with two attached hydrogens (primary N) is 2. The Bertz CT molecular complexity index is 587. The first-order chi connectivity index (χ1) is 10.3. The third-order valence-electron chi connectivity index (χ3n) is 2.92. The molecule has 1 heterocycles. The number of hydrogen-bond acceptors (Lipinski definition) is 6. The van der Waals surface area contributed by atoms with Gasteiger partial charge in [-0.2, -0.15) is 18.3 Å². The monoisotopic (exact) mass is 331 g/mol. The molecule has 0 amide bonds. The highest BCUT2D eigenvalue weighted by Gasteiger charge is 2.30. The molecule has 0 fully saturated rings. The van der Waals surface area contributed by atoms with Gasteiger partial charge in [0.25, 0.3) is 0 Å². The number of hydrazone groups is 1. The van der Waals surface area contributed by atoms with Crippen LogP contribution in [0.25, 0.3) is 0 Å². The van der Waals surface area contributed by atoms with Crippen molar-refractivity contribution >= 4 is 16.8 Å². The van der Waals surface area contributed by atoms with Crippen LogP contribution in [0.3, 0.4) is 0 Å². The molecule has 1 aromatic carbocycles. The van der Waals surface area contributed by atoms with E-state index >= 15 is 0 Å². The van der Waals surface area contributed by atoms with Crippen molar-refractivity contribution in [1.29, 1.82) is 0 Å². The van der Waals surface area contributed by atoms with Crippen molar-refractivity contribution in [3.8, 4) is 0 Å². The van der Waals surface area contributed by atoms with Crippen LogP contribution in [0, 0.1) is 0 Å². The van der Waals surface area contributed by atoms with Crippen molar-refractivity contribution < 1.29 is 13.2 Å². The van der Waals surface area contributed by atoms with Gasteiger partial charge in [0.05, 0.1) is 5.56 Å². The molecule has 2 rings (SSSR count). The molecule has 5 nitrogen and oxygen atoms in total. The number of alkyl halides is 3. The average Bonchev–Trinajstić information content (AvgIpc) is 2.48. The largest absolute Gasteiger partial charge is 0.416 e. The minimum Gasteiger partial charge on any atom is -0.307 e. The van der Waals surface area contributed by atoms with E-state index < -0.39 is 24.2 Å². The Morgan fingerprint density at radius 3 is 2.77 bits per heavy atom. The lowest BCUT2D eigenvalue weighted by atomic mass is 10.2. The summed E-state index contributed by atoms with van der Waals surface area (Å²) in [6.07, 6.45) is -2.11. The molecule has 0 spiro atoms. The lowest BCUT2D eigenvalue weighted by molar-refractivity contribution is -0.137. The zero-order chi connectivity index (χ0) is 16.3. The fourth-order valence-corrected chi connectivity index (χ4v) is 2.63. The van der Waals surface area contributed by atoms with Gasteiger partial charge in [-0.25, -0.2) is 5.01 Å². The summed E-state index contributed by atoms with van der Waals surface area (Å²) in [7, 11) is 1.66. The molecule has 0 aliphatic carbocycles. The molecular formula is C13H16F3N5S. The molecule has 22 heavy (non-hydrogen) atoms. The van der Waals surface area contributed by atoms with Gasteiger partial charge < -0.3 is 5.73 Å². The number of nitrogens with zero attached hydrogens (tertiary/aromatic N) is 2. The molecule has 0 radical (unpaired) electrons. The van der Waals surface area contributed by atoms with Crippen molar-refractivity contribution in [1.82, 2.24) is 10.3 Å². The summed E-state index contributed by atoms with van der Waals surface area (Å²) in [5, 5.41) is 9.00. The van der Waals surface area contributed by atoms with Crippen LogP contribution in [0.1, 0.15) is 5.56 Å². The maximum atomic E-state index is 12.7. The number of nitrogens with one attached hydrogen (secondary N) is 1. The predicted octanol–water partition coefficient (Wildman–Crippen LogP) is 1.73. The lowest BCUT2D eigenvalue weighted by Crippen LogP contribution is -2.55. The molecule has 0 aromatic heterocycles. The van der Waals surface area contributed by atoms with Gasteiger partial charge in [-0.15, -0.1) is 0 Å². The van der Waals surface area contributed by atoms with Crippen molar-refractivity contribution in [2.75, 3.05) is 7.05 Å². The Morgan fingerprint density at radius 1 is 1.41 bits per heavy atom. The molecule has 2 atom stereocenters. The van der Waals surface area contributed by atoms with Gasteiger partial charge in [0.1, 0.15) is 17.5 Å². The summed E-state index contributed by atoms with van der Waals surface area (Å²) in [6.45, 7) is 0. The summed E-state index contributed by atoms with van der Waals surface area (Å²) < 4.78 is 38.1. The molecule has 0 saturated heterocycles. The average molecular weight is 331 g/mol. The van der Waals surface area contributed by atoms with Crippen LogP contribution in [0.4, 0.5) is 13.2 Å². The van der Waals surface area contributed by atoms with Crippen molar-refractivity contribution in [2.24, 2.45) is 16.6 Å². The topological polar surface area (TPSA) is 79.7 Å². The van der Waals surface area contributed by atoms with Crippen molar-refractivity contribution in [3.63, 3.8) is 0 Å². The van der Waals surface area contributed by atoms with E-state index in [1.54, 1.807) is 25.3 Å². The van der Waals surface area contributed by atoms with Gasteiger partial charge in [-0.1, -0.05) is 17.8 Å². The van der Waals surface area contributed by atoms with Crippen LogP contribution < -0.4 is 16.8 Å². The van der Waals surface area contributed by atoms with Crippen LogP contribution in [-0.2, 0) is 6.18 Å². The quantitative estimate of drug-likeness (QED) is 0.735. The second-order valence-corrected chi connectivity index (χ2v) is 5.62. The summed E-state index contributed by atoms with van der Waals surface area (Å²) in [5.41, 5.74) is 11.0. The molecule has 120 valence electrons. The molecule has 5 N–H and O–H groups in total. The van der Waals surface area contributed by atoms with Crippen LogP contribution in [0.2, 0.25) is 0 Å². The van der Waals surface area contributed by atoms with E-state index in [9.17, 15) is 13.2 Å². The molecule has 1 aromatic rings. The van der Waals surface area contributed by atoms with Gasteiger partial charge in [-0.3, -0.25) is 11.1 Å². The van der Waals surface area contributed by atoms with Crippen LogP contribution in [0.5, 0.6) is 0 Å². The number of thioether (sulfide) groups is 1. The van der Waals surface area contributed by atoms with E-state index in [0.717, 1.165) is 23.9 Å². The highest BCUT2D eigenvalue weighted by Crippen LogP contribution is 2.32. The lowest BCUT2D eigenvalue weighted by Gasteiger charge is -2.32. The molecule has 0 bridgehead atoms. The highest BCUT2D eigenvalue weighted by atomic mass is 32.2. The van der Waals surface area contributed by atoms with Crippen molar-refractivity contribution in [3.05, 3.63) is 42.0 Å². The minimum absolute atomic E-state index is 0.437. The predicted molar refractivity (Wildman–Crippen MR) is 80.7 cm³/mol.